The molecule has 1 N–H and O–H groups in total. The Kier molecular flexibility index (Phi) is 5.09. The van der Waals surface area contributed by atoms with Crippen LogP contribution in [-0.4, -0.2) is 25.7 Å². The summed E-state index contributed by atoms with van der Waals surface area (Å²) < 4.78 is 10.8. The predicted octanol–water partition coefficient (Wildman–Crippen LogP) is 4.44. The van der Waals surface area contributed by atoms with Gasteiger partial charge in [0, 0.05) is 6.04 Å². The molecule has 0 aliphatic heterocycles. The van der Waals surface area contributed by atoms with Crippen LogP contribution in [-0.2, 0) is 9.53 Å². The van der Waals surface area contributed by atoms with Crippen molar-refractivity contribution < 1.29 is 14.3 Å². The van der Waals surface area contributed by atoms with E-state index in [0.29, 0.717) is 24.1 Å². The van der Waals surface area contributed by atoms with Gasteiger partial charge in [0.25, 0.3) is 10.9 Å². The molecule has 4 fully saturated rings. The van der Waals surface area contributed by atoms with Crippen LogP contribution in [0.2, 0.25) is 0 Å². The second-order valence-electron chi connectivity index (χ2n) is 12.3. The largest absolute Gasteiger partial charge is 0.491 e. The number of ether oxygens (including phenoxy) is 2. The van der Waals surface area contributed by atoms with Gasteiger partial charge in [0.1, 0.15) is 5.69 Å². The SMILES string of the molecule is CCOC(=O)[C@]1(C)CCC[C@@]2(C)C3CC[C@@]4(C)C[C@]3(CCC21)C[C@H]4Nc1c(OC)c(=O)c1=O. The van der Waals surface area contributed by atoms with Gasteiger partial charge in [0.2, 0.25) is 0 Å². The summed E-state index contributed by atoms with van der Waals surface area (Å²) in [5.41, 5.74) is -0.514. The average molecular weight is 458 g/mol. The van der Waals surface area contributed by atoms with Gasteiger partial charge >= 0.3 is 5.97 Å². The van der Waals surface area contributed by atoms with Gasteiger partial charge < -0.3 is 14.8 Å². The Labute approximate surface area is 196 Å². The van der Waals surface area contributed by atoms with Crippen LogP contribution in [0.1, 0.15) is 85.5 Å². The molecule has 182 valence electrons. The Morgan fingerprint density at radius 3 is 2.45 bits per heavy atom. The molecule has 33 heavy (non-hydrogen) atoms. The van der Waals surface area contributed by atoms with E-state index in [1.165, 1.54) is 20.0 Å². The zero-order valence-electron chi connectivity index (χ0n) is 20.8. The Hall–Kier alpha value is -1.85. The highest BCUT2D eigenvalue weighted by Crippen LogP contribution is 2.74. The smallest absolute Gasteiger partial charge is 0.312 e. The van der Waals surface area contributed by atoms with E-state index in [1.807, 2.05) is 6.92 Å². The zero-order valence-corrected chi connectivity index (χ0v) is 20.8. The Morgan fingerprint density at radius 2 is 1.76 bits per heavy atom. The fourth-order valence-electron chi connectivity index (χ4n) is 9.40. The van der Waals surface area contributed by atoms with Crippen LogP contribution in [0.4, 0.5) is 5.69 Å². The van der Waals surface area contributed by atoms with E-state index in [-0.39, 0.29) is 34.0 Å². The number of nitrogens with one attached hydrogen (secondary N) is 1. The lowest BCUT2D eigenvalue weighted by atomic mass is 9.40. The average Bonchev–Trinajstić information content (AvgIpc) is 2.97. The number of methoxy groups -OCH3 is 1. The summed E-state index contributed by atoms with van der Waals surface area (Å²) in [5, 5.41) is 3.48. The molecule has 5 rings (SSSR count). The number of hydrogen-bond donors (Lipinski definition) is 1. The van der Waals surface area contributed by atoms with Gasteiger partial charge in [0.15, 0.2) is 5.75 Å². The topological polar surface area (TPSA) is 81.7 Å². The number of anilines is 1. The molecule has 0 amide bonds. The van der Waals surface area contributed by atoms with Crippen LogP contribution in [0.3, 0.4) is 0 Å². The third-order valence-electron chi connectivity index (χ3n) is 10.8. The first-order valence-corrected chi connectivity index (χ1v) is 12.9. The fourth-order valence-corrected chi connectivity index (χ4v) is 9.40. The van der Waals surface area contributed by atoms with E-state index in [0.717, 1.165) is 44.9 Å². The van der Waals surface area contributed by atoms with Gasteiger partial charge in [-0.2, -0.15) is 0 Å². The summed E-state index contributed by atoms with van der Waals surface area (Å²) in [6.07, 6.45) is 9.83. The lowest BCUT2D eigenvalue weighted by molar-refractivity contribution is -0.187. The van der Waals surface area contributed by atoms with Gasteiger partial charge in [-0.1, -0.05) is 20.3 Å². The van der Waals surface area contributed by atoms with Gasteiger partial charge in [-0.05, 0) is 93.3 Å². The van der Waals surface area contributed by atoms with E-state index in [4.69, 9.17) is 9.47 Å². The van der Waals surface area contributed by atoms with Crippen LogP contribution in [0.15, 0.2) is 9.59 Å². The van der Waals surface area contributed by atoms with Crippen molar-refractivity contribution in [2.75, 3.05) is 19.0 Å². The van der Waals surface area contributed by atoms with Gasteiger partial charge in [-0.25, -0.2) is 0 Å². The molecule has 7 atom stereocenters. The second-order valence-corrected chi connectivity index (χ2v) is 12.3. The number of fused-ring (bicyclic) bond motifs is 3. The lowest BCUT2D eigenvalue weighted by Crippen LogP contribution is -2.58. The molecule has 1 aromatic rings. The first-order chi connectivity index (χ1) is 15.5. The molecule has 6 heteroatoms. The van der Waals surface area contributed by atoms with Crippen molar-refractivity contribution in [2.45, 2.75) is 91.5 Å². The Morgan fingerprint density at radius 1 is 1.03 bits per heavy atom. The summed E-state index contributed by atoms with van der Waals surface area (Å²) in [6, 6.07) is 0.167. The molecule has 0 aromatic heterocycles. The van der Waals surface area contributed by atoms with E-state index in [9.17, 15) is 14.4 Å². The van der Waals surface area contributed by atoms with Crippen molar-refractivity contribution in [1.29, 1.82) is 0 Å². The first-order valence-electron chi connectivity index (χ1n) is 12.9. The van der Waals surface area contributed by atoms with E-state index in [1.54, 1.807) is 0 Å². The third kappa shape index (κ3) is 2.94. The minimum absolute atomic E-state index is 0.00400. The molecular weight excluding hydrogens is 418 g/mol. The second kappa shape index (κ2) is 7.32. The van der Waals surface area contributed by atoms with Crippen molar-refractivity contribution in [2.24, 2.45) is 33.5 Å². The molecule has 1 aromatic carbocycles. The summed E-state index contributed by atoms with van der Waals surface area (Å²) in [6.45, 7) is 9.32. The van der Waals surface area contributed by atoms with Crippen LogP contribution in [0, 0.1) is 33.5 Å². The maximum atomic E-state index is 13.1. The van der Waals surface area contributed by atoms with Crippen LogP contribution in [0.25, 0.3) is 0 Å². The van der Waals surface area contributed by atoms with Crippen LogP contribution in [0.5, 0.6) is 5.75 Å². The highest BCUT2D eigenvalue weighted by Gasteiger charge is 2.68. The van der Waals surface area contributed by atoms with Crippen LogP contribution < -0.4 is 20.9 Å². The highest BCUT2D eigenvalue weighted by molar-refractivity contribution is 5.77. The van der Waals surface area contributed by atoms with Crippen molar-refractivity contribution in [3.63, 3.8) is 0 Å². The number of carbonyl (C=O) groups excluding carboxylic acids is 1. The van der Waals surface area contributed by atoms with Crippen molar-refractivity contribution in [3.05, 3.63) is 20.4 Å². The Bertz CT molecular complexity index is 1040. The van der Waals surface area contributed by atoms with Gasteiger partial charge in [0.05, 0.1) is 19.1 Å². The Balaban J connectivity index is 1.45. The van der Waals surface area contributed by atoms with Crippen molar-refractivity contribution in [1.82, 2.24) is 0 Å². The monoisotopic (exact) mass is 457 g/mol. The van der Waals surface area contributed by atoms with Crippen molar-refractivity contribution >= 4 is 11.7 Å². The maximum absolute atomic E-state index is 13.1. The molecular formula is C27H39NO5. The predicted molar refractivity (Wildman–Crippen MR) is 127 cm³/mol. The number of hydrogen-bond acceptors (Lipinski definition) is 6. The lowest BCUT2D eigenvalue weighted by Gasteiger charge is -2.64. The summed E-state index contributed by atoms with van der Waals surface area (Å²) in [4.78, 5) is 37.2. The minimum Gasteiger partial charge on any atom is -0.491 e. The molecule has 0 heterocycles. The summed E-state index contributed by atoms with van der Waals surface area (Å²) in [7, 11) is 1.45. The number of carbonyl (C=O) groups is 1. The number of rotatable bonds is 5. The molecule has 0 radical (unpaired) electrons. The molecule has 4 aliphatic rings. The number of esters is 1. The van der Waals surface area contributed by atoms with Gasteiger partial charge in [-0.3, -0.25) is 14.4 Å². The van der Waals surface area contributed by atoms with E-state index >= 15 is 0 Å². The zero-order chi connectivity index (χ0) is 23.8. The van der Waals surface area contributed by atoms with E-state index in [2.05, 4.69) is 26.1 Å². The van der Waals surface area contributed by atoms with Gasteiger partial charge in [-0.15, -0.1) is 0 Å². The maximum Gasteiger partial charge on any atom is 0.312 e. The molecule has 0 saturated heterocycles. The first kappa shape index (κ1) is 22.9. The highest BCUT2D eigenvalue weighted by atomic mass is 16.5. The minimum atomic E-state index is -0.518. The standard InChI is InChI=1S/C27H39NO5/c1-6-33-23(31)26(4)11-7-10-25(3)16(26)9-13-27-14-18(24(2,15-27)12-8-17(25)27)28-19-20(29)21(30)22(19)32-5/h16-18,28H,6-15H2,1-5H3/t16?,17?,18-,24+,25-,26-,27+/m1/s1. The molecule has 4 saturated carbocycles. The fraction of sp³-hybridized carbons (Fsp3) is 0.815. The molecule has 1 spiro atoms. The quantitative estimate of drug-likeness (QED) is 0.520. The third-order valence-corrected chi connectivity index (χ3v) is 10.8. The molecule has 6 nitrogen and oxygen atoms in total. The summed E-state index contributed by atoms with van der Waals surface area (Å²) in [5.74, 6) is 1.12. The molecule has 4 aliphatic carbocycles. The van der Waals surface area contributed by atoms with Crippen molar-refractivity contribution in [3.8, 4) is 5.75 Å². The normalized spacial score (nSPS) is 44.1. The molecule has 2 unspecified atom stereocenters. The van der Waals surface area contributed by atoms with E-state index < -0.39 is 16.3 Å². The summed E-state index contributed by atoms with van der Waals surface area (Å²) >= 11 is 0. The van der Waals surface area contributed by atoms with Crippen LogP contribution >= 0.6 is 0 Å². The molecule has 2 bridgehead atoms.